The molecule has 1 aliphatic rings. The van der Waals surface area contributed by atoms with Crippen molar-refractivity contribution < 1.29 is 0 Å². The third kappa shape index (κ3) is 3.20. The van der Waals surface area contributed by atoms with E-state index in [9.17, 15) is 0 Å². The normalized spacial score (nSPS) is 15.7. The van der Waals surface area contributed by atoms with E-state index in [1.165, 1.54) is 42.7 Å². The second kappa shape index (κ2) is 6.09. The number of likely N-dealkylation sites (tertiary alicyclic amines) is 1. The molecule has 1 N–H and O–H groups in total. The predicted octanol–water partition coefficient (Wildman–Crippen LogP) is 2.63. The largest absolute Gasteiger partial charge is 0.381 e. The molecule has 0 unspecified atom stereocenters. The number of aromatic nitrogens is 2. The van der Waals surface area contributed by atoms with Gasteiger partial charge in [0.2, 0.25) is 0 Å². The monoisotopic (exact) mass is 270 g/mol. The summed E-state index contributed by atoms with van der Waals surface area (Å²) in [5.41, 5.74) is 3.84. The lowest BCUT2D eigenvalue weighted by atomic mass is 10.1. The molecule has 1 saturated heterocycles. The summed E-state index contributed by atoms with van der Waals surface area (Å²) in [6.07, 6.45) is 6.64. The number of nitrogens with one attached hydrogen (secondary N) is 1. The minimum absolute atomic E-state index is 0.824. The van der Waals surface area contributed by atoms with Crippen molar-refractivity contribution in [3.8, 4) is 0 Å². The van der Waals surface area contributed by atoms with E-state index in [1.807, 2.05) is 17.9 Å². The number of para-hydroxylation sites is 1. The van der Waals surface area contributed by atoms with Gasteiger partial charge in [-0.1, -0.05) is 18.2 Å². The van der Waals surface area contributed by atoms with Gasteiger partial charge >= 0.3 is 0 Å². The fourth-order valence-corrected chi connectivity index (χ4v) is 2.77. The van der Waals surface area contributed by atoms with E-state index < -0.39 is 0 Å². The highest BCUT2D eigenvalue weighted by atomic mass is 15.2. The summed E-state index contributed by atoms with van der Waals surface area (Å²) in [6, 6.07) is 8.62. The van der Waals surface area contributed by atoms with Gasteiger partial charge in [0.05, 0.1) is 6.20 Å². The smallest absolute Gasteiger partial charge is 0.0539 e. The summed E-state index contributed by atoms with van der Waals surface area (Å²) in [6.45, 7) is 4.34. The average Bonchev–Trinajstić information content (AvgIpc) is 3.10. The summed E-state index contributed by atoms with van der Waals surface area (Å²) < 4.78 is 1.84. The molecule has 2 aromatic rings. The number of rotatable bonds is 5. The summed E-state index contributed by atoms with van der Waals surface area (Å²) in [5.74, 6) is 0. The highest BCUT2D eigenvalue weighted by Crippen LogP contribution is 2.20. The van der Waals surface area contributed by atoms with Crippen LogP contribution in [0.4, 0.5) is 5.69 Å². The second-order valence-corrected chi connectivity index (χ2v) is 5.52. The van der Waals surface area contributed by atoms with E-state index in [0.717, 1.165) is 13.1 Å². The molecule has 0 amide bonds. The van der Waals surface area contributed by atoms with Crippen molar-refractivity contribution in [1.29, 1.82) is 0 Å². The molecule has 1 aromatic heterocycles. The van der Waals surface area contributed by atoms with Crippen molar-refractivity contribution in [3.63, 3.8) is 0 Å². The first-order valence-electron chi connectivity index (χ1n) is 7.33. The topological polar surface area (TPSA) is 33.1 Å². The molecule has 0 radical (unpaired) electrons. The van der Waals surface area contributed by atoms with Crippen LogP contribution in [-0.4, -0.2) is 27.8 Å². The van der Waals surface area contributed by atoms with Gasteiger partial charge in [-0.15, -0.1) is 0 Å². The van der Waals surface area contributed by atoms with Gasteiger partial charge in [0, 0.05) is 37.6 Å². The minimum Gasteiger partial charge on any atom is -0.381 e. The van der Waals surface area contributed by atoms with Gasteiger partial charge in [-0.25, -0.2) is 0 Å². The number of nitrogens with zero attached hydrogens (tertiary/aromatic N) is 3. The Morgan fingerprint density at radius 3 is 2.75 bits per heavy atom. The zero-order chi connectivity index (χ0) is 13.8. The molecule has 106 valence electrons. The van der Waals surface area contributed by atoms with Crippen LogP contribution in [0.2, 0.25) is 0 Å². The average molecular weight is 270 g/mol. The van der Waals surface area contributed by atoms with Crippen LogP contribution in [0.1, 0.15) is 24.0 Å². The SMILES string of the molecule is Cn1cc(CNc2ccccc2CN2CCCC2)cn1. The molecule has 1 fully saturated rings. The maximum absolute atomic E-state index is 4.20. The molecule has 3 rings (SSSR count). The van der Waals surface area contributed by atoms with Gasteiger partial charge < -0.3 is 5.32 Å². The van der Waals surface area contributed by atoms with Crippen LogP contribution in [0, 0.1) is 0 Å². The Morgan fingerprint density at radius 1 is 1.20 bits per heavy atom. The van der Waals surface area contributed by atoms with Crippen molar-refractivity contribution >= 4 is 5.69 Å². The first-order valence-corrected chi connectivity index (χ1v) is 7.33. The molecule has 0 bridgehead atoms. The van der Waals surface area contributed by atoms with E-state index in [-0.39, 0.29) is 0 Å². The van der Waals surface area contributed by atoms with Crippen molar-refractivity contribution in [1.82, 2.24) is 14.7 Å². The van der Waals surface area contributed by atoms with Crippen molar-refractivity contribution in [3.05, 3.63) is 47.8 Å². The van der Waals surface area contributed by atoms with E-state index >= 15 is 0 Å². The lowest BCUT2D eigenvalue weighted by molar-refractivity contribution is 0.332. The molecular weight excluding hydrogens is 248 g/mol. The molecule has 0 saturated carbocycles. The quantitative estimate of drug-likeness (QED) is 0.906. The van der Waals surface area contributed by atoms with Gasteiger partial charge in [-0.05, 0) is 37.6 Å². The summed E-state index contributed by atoms with van der Waals surface area (Å²) in [4.78, 5) is 2.53. The van der Waals surface area contributed by atoms with Gasteiger partial charge in [0.25, 0.3) is 0 Å². The highest BCUT2D eigenvalue weighted by Gasteiger charge is 2.13. The molecule has 1 aliphatic heterocycles. The van der Waals surface area contributed by atoms with Crippen LogP contribution in [0.3, 0.4) is 0 Å². The first-order chi connectivity index (χ1) is 9.81. The first kappa shape index (κ1) is 13.2. The van der Waals surface area contributed by atoms with Gasteiger partial charge in [0.1, 0.15) is 0 Å². The van der Waals surface area contributed by atoms with Crippen molar-refractivity contribution in [2.75, 3.05) is 18.4 Å². The van der Waals surface area contributed by atoms with E-state index in [0.29, 0.717) is 0 Å². The third-order valence-corrected chi connectivity index (χ3v) is 3.85. The lowest BCUT2D eigenvalue weighted by Gasteiger charge is -2.18. The minimum atomic E-state index is 0.824. The van der Waals surface area contributed by atoms with E-state index in [2.05, 4.69) is 45.8 Å². The number of hydrogen-bond acceptors (Lipinski definition) is 3. The van der Waals surface area contributed by atoms with Crippen molar-refractivity contribution in [2.45, 2.75) is 25.9 Å². The Labute approximate surface area is 120 Å². The molecule has 4 nitrogen and oxygen atoms in total. The highest BCUT2D eigenvalue weighted by molar-refractivity contribution is 5.51. The molecule has 0 aliphatic carbocycles. The Hall–Kier alpha value is -1.81. The third-order valence-electron chi connectivity index (χ3n) is 3.85. The van der Waals surface area contributed by atoms with E-state index in [4.69, 9.17) is 0 Å². The van der Waals surface area contributed by atoms with Crippen molar-refractivity contribution in [2.24, 2.45) is 7.05 Å². The summed E-state index contributed by atoms with van der Waals surface area (Å²) in [7, 11) is 1.95. The lowest BCUT2D eigenvalue weighted by Crippen LogP contribution is -2.19. The van der Waals surface area contributed by atoms with Gasteiger partial charge in [0.15, 0.2) is 0 Å². The molecular formula is C16H22N4. The van der Waals surface area contributed by atoms with Crippen LogP contribution in [0.5, 0.6) is 0 Å². The Kier molecular flexibility index (Phi) is 4.02. The fourth-order valence-electron chi connectivity index (χ4n) is 2.77. The Bertz CT molecular complexity index is 555. The molecule has 0 atom stereocenters. The maximum Gasteiger partial charge on any atom is 0.0539 e. The molecule has 20 heavy (non-hydrogen) atoms. The van der Waals surface area contributed by atoms with Gasteiger partial charge in [-0.2, -0.15) is 5.10 Å². The fraction of sp³-hybridized carbons (Fsp3) is 0.438. The van der Waals surface area contributed by atoms with Crippen LogP contribution in [-0.2, 0) is 20.1 Å². The molecule has 1 aromatic carbocycles. The standard InChI is InChI=1S/C16H22N4/c1-19-12-14(11-18-19)10-17-16-7-3-2-6-15(16)13-20-8-4-5-9-20/h2-3,6-7,11-12,17H,4-5,8-10,13H2,1H3. The van der Waals surface area contributed by atoms with Gasteiger partial charge in [-0.3, -0.25) is 9.58 Å². The zero-order valence-corrected chi connectivity index (χ0v) is 12.0. The number of aryl methyl sites for hydroxylation is 1. The maximum atomic E-state index is 4.20. The Balaban J connectivity index is 1.65. The number of hydrogen-bond donors (Lipinski definition) is 1. The summed E-state index contributed by atoms with van der Waals surface area (Å²) >= 11 is 0. The van der Waals surface area contributed by atoms with Crippen LogP contribution >= 0.6 is 0 Å². The number of benzene rings is 1. The van der Waals surface area contributed by atoms with E-state index in [1.54, 1.807) is 0 Å². The molecule has 4 heteroatoms. The molecule has 2 heterocycles. The predicted molar refractivity (Wildman–Crippen MR) is 81.5 cm³/mol. The van der Waals surface area contributed by atoms with Crippen LogP contribution < -0.4 is 5.32 Å². The zero-order valence-electron chi connectivity index (χ0n) is 12.0. The second-order valence-electron chi connectivity index (χ2n) is 5.52. The van der Waals surface area contributed by atoms with Crippen LogP contribution in [0.15, 0.2) is 36.7 Å². The molecule has 0 spiro atoms. The van der Waals surface area contributed by atoms with Crippen LogP contribution in [0.25, 0.3) is 0 Å². The Morgan fingerprint density at radius 2 is 2.00 bits per heavy atom. The number of anilines is 1. The summed E-state index contributed by atoms with van der Waals surface area (Å²) in [5, 5.41) is 7.74.